The van der Waals surface area contributed by atoms with Crippen LogP contribution in [0.3, 0.4) is 0 Å². The summed E-state index contributed by atoms with van der Waals surface area (Å²) in [6.45, 7) is 0. The van der Waals surface area contributed by atoms with Gasteiger partial charge in [0.25, 0.3) is 0 Å². The standard InChI is InChI=1S/Ce.4H3N.H2O4S.2H2O/c;;;;;1-5(2,3)4;;/h;4*1H3;(H2,1,2,3,4);2*1H2/q+3;;;;;;;/p+2. The van der Waals surface area contributed by atoms with Crippen molar-refractivity contribution in [2.45, 2.75) is 0 Å². The van der Waals surface area contributed by atoms with Gasteiger partial charge in [-0.3, -0.25) is 8.42 Å². The molecule has 0 aromatic rings. The fourth-order valence-corrected chi connectivity index (χ4v) is 0. The van der Waals surface area contributed by atoms with Crippen LogP contribution in [0.1, 0.15) is 0 Å². The van der Waals surface area contributed by atoms with E-state index in [1.807, 2.05) is 0 Å². The summed E-state index contributed by atoms with van der Waals surface area (Å²) < 4.78 is 34.1. The van der Waals surface area contributed by atoms with Crippen LogP contribution >= 0.6 is 0 Å². The Kier molecular flexibility index (Phi) is 185. The molecule has 0 saturated heterocycles. The Morgan fingerprint density at radius 2 is 0.750 bits per heavy atom. The molecule has 0 aliphatic rings. The molecular weight excluding hydrogens is 324 g/mol. The van der Waals surface area contributed by atoms with Crippen LogP contribution in [0.15, 0.2) is 0 Å². The Balaban J connectivity index is -0.00000000381. The number of hydrogen-bond acceptors (Lipinski definition) is 4. The third-order valence-electron chi connectivity index (χ3n) is 0. The molecule has 0 aromatic carbocycles. The monoisotopic (exact) mass is 344 g/mol. The molecule has 0 aliphatic carbocycles. The van der Waals surface area contributed by atoms with E-state index in [4.69, 9.17) is 17.5 Å². The Hall–Kier alpha value is 1.01. The van der Waals surface area contributed by atoms with Gasteiger partial charge < -0.3 is 44.7 Å². The van der Waals surface area contributed by atoms with Crippen LogP contribution in [-0.4, -0.2) is 28.5 Å². The molecule has 0 aliphatic heterocycles. The molecule has 0 rings (SSSR count). The van der Waals surface area contributed by atoms with Crippen molar-refractivity contribution in [3.05, 3.63) is 0 Å². The van der Waals surface area contributed by atoms with Crippen LogP contribution < -0.4 is 24.6 Å². The fraction of sp³-hybridized carbons (Fsp3) is 0. The van der Waals surface area contributed by atoms with E-state index in [2.05, 4.69) is 0 Å². The van der Waals surface area contributed by atoms with E-state index in [-0.39, 0.29) is 77.3 Å². The van der Waals surface area contributed by atoms with Crippen LogP contribution in [0.2, 0.25) is 0 Å². The van der Waals surface area contributed by atoms with E-state index in [0.717, 1.165) is 0 Å². The number of quaternary nitrogens is 4. The first kappa shape index (κ1) is 74.8. The van der Waals surface area contributed by atoms with Gasteiger partial charge in [-0.1, -0.05) is 0 Å². The van der Waals surface area contributed by atoms with E-state index >= 15 is 0 Å². The molecule has 0 heterocycles. The molecule has 0 saturated carbocycles. The van der Waals surface area contributed by atoms with Crippen LogP contribution in [-0.2, 0) is 10.4 Å². The third kappa shape index (κ3) is 1090. The van der Waals surface area contributed by atoms with E-state index in [9.17, 15) is 0 Å². The van der Waals surface area contributed by atoms with E-state index in [0.29, 0.717) is 0 Å². The van der Waals surface area contributed by atoms with Crippen molar-refractivity contribution in [3.63, 3.8) is 0 Å². The fourth-order valence-electron chi connectivity index (χ4n) is 0. The van der Waals surface area contributed by atoms with Crippen LogP contribution in [0.5, 0.6) is 0 Å². The predicted octanol–water partition coefficient (Wildman–Crippen LogP) is -1.48. The van der Waals surface area contributed by atoms with E-state index in [1.165, 1.54) is 0 Å². The quantitative estimate of drug-likeness (QED) is 0.301. The molecule has 10 nitrogen and oxygen atoms in total. The minimum absolute atomic E-state index is 0. The Morgan fingerprint density at radius 1 is 0.750 bits per heavy atom. The van der Waals surface area contributed by atoms with Gasteiger partial charge in [0.05, 0.1) is 0 Å². The van der Waals surface area contributed by atoms with E-state index < -0.39 is 10.4 Å². The average molecular weight is 344 g/mol. The molecule has 0 atom stereocenters. The number of rotatable bonds is 0. The maximum absolute atomic E-state index is 8.52. The van der Waals surface area contributed by atoms with Gasteiger partial charge in [-0.15, -0.1) is 0 Å². The predicted molar refractivity (Wildman–Crippen MR) is 41.6 cm³/mol. The largest absolute Gasteiger partial charge is 3.00 e. The summed E-state index contributed by atoms with van der Waals surface area (Å²) in [5.41, 5.74) is 0. The van der Waals surface area contributed by atoms with Crippen molar-refractivity contribution in [1.82, 2.24) is 24.6 Å². The Morgan fingerprint density at radius 3 is 0.750 bits per heavy atom. The zero-order valence-electron chi connectivity index (χ0n) is 7.54. The molecular formula is H20CeN4O6S+5. The summed E-state index contributed by atoms with van der Waals surface area (Å²) in [7, 11) is -5.17. The molecule has 0 fully saturated rings. The summed E-state index contributed by atoms with van der Waals surface area (Å²) in [5, 5.41) is 0. The second-order valence-electron chi connectivity index (χ2n) is 0.408. The van der Waals surface area contributed by atoms with Crippen LogP contribution in [0, 0.1) is 41.7 Å². The van der Waals surface area contributed by atoms with E-state index in [1.54, 1.807) is 0 Å². The summed E-state index contributed by atoms with van der Waals surface area (Å²) in [6, 6.07) is 0. The maximum Gasteiger partial charge on any atom is 3.00 e. The molecule has 0 bridgehead atoms. The molecule has 12 heteroatoms. The normalized spacial score (nSPS) is 4.83. The zero-order valence-corrected chi connectivity index (χ0v) is 11.5. The van der Waals surface area contributed by atoms with Crippen molar-refractivity contribution in [3.8, 4) is 0 Å². The van der Waals surface area contributed by atoms with Crippen LogP contribution in [0.4, 0.5) is 0 Å². The Bertz CT molecular complexity index is 103. The van der Waals surface area contributed by atoms with Crippen molar-refractivity contribution >= 4 is 10.4 Å². The smallest absolute Gasteiger partial charge is 0.759 e. The summed E-state index contributed by atoms with van der Waals surface area (Å²) >= 11 is 0. The summed E-state index contributed by atoms with van der Waals surface area (Å²) in [5.74, 6) is 0. The van der Waals surface area contributed by atoms with Gasteiger partial charge in [0.15, 0.2) is 0 Å². The number of hydrogen-bond donors (Lipinski definition) is 4. The minimum atomic E-state index is -5.17. The van der Waals surface area contributed by atoms with Gasteiger partial charge in [0, 0.05) is 10.4 Å². The summed E-state index contributed by atoms with van der Waals surface area (Å²) in [6.07, 6.45) is 0. The topological polar surface area (TPSA) is 289 Å². The molecule has 81 valence electrons. The van der Waals surface area contributed by atoms with Gasteiger partial charge in [-0.05, 0) is 0 Å². The molecule has 0 spiro atoms. The van der Waals surface area contributed by atoms with Crippen molar-refractivity contribution in [2.24, 2.45) is 0 Å². The first-order valence-corrected chi connectivity index (χ1v) is 2.00. The van der Waals surface area contributed by atoms with Gasteiger partial charge in [0.1, 0.15) is 0 Å². The maximum atomic E-state index is 8.52. The average Bonchev–Trinajstić information content (AvgIpc) is 0.722. The second kappa shape index (κ2) is 29.6. The van der Waals surface area contributed by atoms with Gasteiger partial charge in [-0.25, -0.2) is 0 Å². The molecule has 1 radical (unpaired) electrons. The molecule has 0 aromatic heterocycles. The van der Waals surface area contributed by atoms with Crippen molar-refractivity contribution in [2.75, 3.05) is 0 Å². The SMILES string of the molecule is O.O.O=S(=O)([O-])[O-].[Ce+3].[NH4+].[NH4+].[NH4+].[NH4+]. The first-order valence-electron chi connectivity index (χ1n) is 0.667. The van der Waals surface area contributed by atoms with Gasteiger partial charge >= 0.3 is 41.7 Å². The third-order valence-corrected chi connectivity index (χ3v) is 0. The Labute approximate surface area is 104 Å². The summed E-state index contributed by atoms with van der Waals surface area (Å²) in [4.78, 5) is 0. The minimum Gasteiger partial charge on any atom is -0.759 e. The van der Waals surface area contributed by atoms with Crippen LogP contribution in [0.25, 0.3) is 0 Å². The first-order chi connectivity index (χ1) is 2.00. The van der Waals surface area contributed by atoms with Crippen molar-refractivity contribution in [1.29, 1.82) is 0 Å². The zero-order chi connectivity index (χ0) is 4.50. The van der Waals surface area contributed by atoms with Gasteiger partial charge in [-0.2, -0.15) is 0 Å². The second-order valence-corrected chi connectivity index (χ2v) is 1.22. The van der Waals surface area contributed by atoms with Gasteiger partial charge in [0.2, 0.25) is 0 Å². The molecule has 20 N–H and O–H groups in total. The molecule has 0 amide bonds. The molecule has 12 heavy (non-hydrogen) atoms. The van der Waals surface area contributed by atoms with Crippen molar-refractivity contribution < 1.29 is 70.2 Å². The molecule has 0 unspecified atom stereocenters.